The number of hydrogen-bond donors (Lipinski definition) is 0. The Bertz CT molecular complexity index is 219. The van der Waals surface area contributed by atoms with Gasteiger partial charge in [0.05, 0.1) is 0 Å². The quantitative estimate of drug-likeness (QED) is 0.596. The maximum Gasteiger partial charge on any atom is 0.249 e. The van der Waals surface area contributed by atoms with Gasteiger partial charge in [-0.15, -0.1) is 0 Å². The standard InChI is InChI=1S/C9H12F2O/c1-6(12)7-2-8(3-7)4-9(10,11)5-8/h7H,2-5H2,1H3. The Hall–Kier alpha value is -0.470. The number of Topliss-reactive ketones (excluding diaryl/α,β-unsaturated/α-hetero) is 1. The van der Waals surface area contributed by atoms with Gasteiger partial charge in [-0.05, 0) is 25.2 Å². The van der Waals surface area contributed by atoms with Gasteiger partial charge in [-0.2, -0.15) is 0 Å². The lowest BCUT2D eigenvalue weighted by molar-refractivity contribution is -0.206. The number of halogens is 2. The van der Waals surface area contributed by atoms with Crippen molar-refractivity contribution in [2.75, 3.05) is 0 Å². The zero-order chi connectivity index (χ0) is 8.98. The highest BCUT2D eigenvalue weighted by atomic mass is 19.3. The number of alkyl halides is 2. The zero-order valence-electron chi connectivity index (χ0n) is 7.07. The lowest BCUT2D eigenvalue weighted by Gasteiger charge is -2.56. The summed E-state index contributed by atoms with van der Waals surface area (Å²) in [5.74, 6) is -2.18. The summed E-state index contributed by atoms with van der Waals surface area (Å²) in [6.07, 6.45) is 1.45. The molecule has 2 fully saturated rings. The van der Waals surface area contributed by atoms with E-state index in [2.05, 4.69) is 0 Å². The molecule has 0 atom stereocenters. The SMILES string of the molecule is CC(=O)C1CC2(C1)CC(F)(F)C2. The summed E-state index contributed by atoms with van der Waals surface area (Å²) in [6, 6.07) is 0. The van der Waals surface area contributed by atoms with E-state index < -0.39 is 5.92 Å². The molecule has 1 spiro atoms. The predicted molar refractivity (Wildman–Crippen MR) is 40.0 cm³/mol. The first kappa shape index (κ1) is 8.14. The minimum atomic E-state index is -2.43. The highest BCUT2D eigenvalue weighted by molar-refractivity contribution is 5.79. The summed E-state index contributed by atoms with van der Waals surface area (Å²) in [4.78, 5) is 10.8. The highest BCUT2D eigenvalue weighted by Crippen LogP contribution is 2.64. The van der Waals surface area contributed by atoms with Crippen molar-refractivity contribution in [1.82, 2.24) is 0 Å². The third-order valence-electron chi connectivity index (χ3n) is 3.20. The fraction of sp³-hybridized carbons (Fsp3) is 0.889. The molecule has 3 heteroatoms. The molecule has 0 bridgehead atoms. The molecule has 0 aromatic heterocycles. The van der Waals surface area contributed by atoms with Crippen LogP contribution in [0.1, 0.15) is 32.6 Å². The molecule has 2 saturated carbocycles. The third-order valence-corrected chi connectivity index (χ3v) is 3.20. The first-order chi connectivity index (χ1) is 5.43. The first-order valence-electron chi connectivity index (χ1n) is 4.31. The van der Waals surface area contributed by atoms with Gasteiger partial charge in [0.25, 0.3) is 0 Å². The molecule has 0 N–H and O–H groups in total. The summed E-state index contributed by atoms with van der Waals surface area (Å²) < 4.78 is 25.0. The van der Waals surface area contributed by atoms with Crippen LogP contribution in [0.3, 0.4) is 0 Å². The minimum Gasteiger partial charge on any atom is -0.300 e. The van der Waals surface area contributed by atoms with Crippen LogP contribution in [-0.4, -0.2) is 11.7 Å². The lowest BCUT2D eigenvalue weighted by Crippen LogP contribution is -2.54. The summed E-state index contributed by atoms with van der Waals surface area (Å²) >= 11 is 0. The van der Waals surface area contributed by atoms with Crippen molar-refractivity contribution in [2.24, 2.45) is 11.3 Å². The molecule has 12 heavy (non-hydrogen) atoms. The van der Waals surface area contributed by atoms with E-state index in [9.17, 15) is 13.6 Å². The van der Waals surface area contributed by atoms with Crippen LogP contribution in [0.25, 0.3) is 0 Å². The van der Waals surface area contributed by atoms with Crippen LogP contribution in [0.15, 0.2) is 0 Å². The molecule has 0 aliphatic heterocycles. The van der Waals surface area contributed by atoms with Crippen LogP contribution in [0, 0.1) is 11.3 Å². The van der Waals surface area contributed by atoms with Crippen LogP contribution in [0.2, 0.25) is 0 Å². The first-order valence-corrected chi connectivity index (χ1v) is 4.31. The van der Waals surface area contributed by atoms with Gasteiger partial charge in [0, 0.05) is 18.8 Å². The molecule has 0 heterocycles. The second-order valence-corrected chi connectivity index (χ2v) is 4.43. The average molecular weight is 174 g/mol. The molecule has 0 radical (unpaired) electrons. The van der Waals surface area contributed by atoms with Crippen molar-refractivity contribution in [3.05, 3.63) is 0 Å². The van der Waals surface area contributed by atoms with Crippen molar-refractivity contribution in [2.45, 2.75) is 38.5 Å². The molecular weight excluding hydrogens is 162 g/mol. The molecule has 68 valence electrons. The van der Waals surface area contributed by atoms with Crippen molar-refractivity contribution >= 4 is 5.78 Å². The third kappa shape index (κ3) is 1.06. The predicted octanol–water partition coefficient (Wildman–Crippen LogP) is 2.40. The Balaban J connectivity index is 1.87. The molecule has 2 aliphatic rings. The van der Waals surface area contributed by atoms with Crippen molar-refractivity contribution in [3.63, 3.8) is 0 Å². The fourth-order valence-corrected chi connectivity index (χ4v) is 2.61. The van der Waals surface area contributed by atoms with E-state index in [1.807, 2.05) is 0 Å². The normalized spacial score (nSPS) is 30.9. The molecule has 1 nitrogen and oxygen atoms in total. The zero-order valence-corrected chi connectivity index (χ0v) is 7.07. The Morgan fingerprint density at radius 2 is 1.83 bits per heavy atom. The van der Waals surface area contributed by atoms with Crippen molar-refractivity contribution in [1.29, 1.82) is 0 Å². The largest absolute Gasteiger partial charge is 0.300 e. The van der Waals surface area contributed by atoms with E-state index in [1.165, 1.54) is 0 Å². The smallest absolute Gasteiger partial charge is 0.249 e. The second-order valence-electron chi connectivity index (χ2n) is 4.43. The number of hydrogen-bond acceptors (Lipinski definition) is 1. The van der Waals surface area contributed by atoms with E-state index in [0.29, 0.717) is 12.8 Å². The minimum absolute atomic E-state index is 0.0176. The molecule has 2 aliphatic carbocycles. The highest BCUT2D eigenvalue weighted by Gasteiger charge is 2.62. The van der Waals surface area contributed by atoms with Crippen molar-refractivity contribution < 1.29 is 13.6 Å². The molecule has 0 aromatic carbocycles. The van der Waals surface area contributed by atoms with Crippen LogP contribution >= 0.6 is 0 Å². The molecule has 0 saturated heterocycles. The summed E-state index contributed by atoms with van der Waals surface area (Å²) in [5, 5.41) is 0. The van der Waals surface area contributed by atoms with E-state index >= 15 is 0 Å². The van der Waals surface area contributed by atoms with Crippen LogP contribution in [0.5, 0.6) is 0 Å². The molecule has 0 amide bonds. The van der Waals surface area contributed by atoms with Gasteiger partial charge >= 0.3 is 0 Å². The van der Waals surface area contributed by atoms with E-state index in [4.69, 9.17) is 0 Å². The van der Waals surface area contributed by atoms with Gasteiger partial charge in [0.15, 0.2) is 0 Å². The Labute approximate surface area is 70.1 Å². The number of carbonyl (C=O) groups is 1. The van der Waals surface area contributed by atoms with Crippen LogP contribution < -0.4 is 0 Å². The van der Waals surface area contributed by atoms with E-state index in [0.717, 1.165) is 0 Å². The maximum absolute atomic E-state index is 12.5. The van der Waals surface area contributed by atoms with Crippen LogP contribution in [-0.2, 0) is 4.79 Å². The fourth-order valence-electron chi connectivity index (χ4n) is 2.61. The van der Waals surface area contributed by atoms with E-state index in [1.54, 1.807) is 6.92 Å². The van der Waals surface area contributed by atoms with Gasteiger partial charge in [-0.25, -0.2) is 8.78 Å². The molecule has 2 rings (SSSR count). The van der Waals surface area contributed by atoms with Gasteiger partial charge in [-0.1, -0.05) is 0 Å². The summed E-state index contributed by atoms with van der Waals surface area (Å²) in [7, 11) is 0. The number of rotatable bonds is 1. The monoisotopic (exact) mass is 174 g/mol. The number of ketones is 1. The van der Waals surface area contributed by atoms with Crippen LogP contribution in [0.4, 0.5) is 8.78 Å². The van der Waals surface area contributed by atoms with Gasteiger partial charge < -0.3 is 0 Å². The van der Waals surface area contributed by atoms with Gasteiger partial charge in [0.2, 0.25) is 5.92 Å². The van der Waals surface area contributed by atoms with E-state index in [-0.39, 0.29) is 30.0 Å². The molecule has 0 unspecified atom stereocenters. The molecular formula is C9H12F2O. The average Bonchev–Trinajstić information content (AvgIpc) is 1.75. The summed E-state index contributed by atoms with van der Waals surface area (Å²) in [6.45, 7) is 1.55. The summed E-state index contributed by atoms with van der Waals surface area (Å²) in [5.41, 5.74) is -0.139. The second kappa shape index (κ2) is 2.06. The van der Waals surface area contributed by atoms with Gasteiger partial charge in [0.1, 0.15) is 5.78 Å². The maximum atomic E-state index is 12.5. The van der Waals surface area contributed by atoms with Crippen molar-refractivity contribution in [3.8, 4) is 0 Å². The Morgan fingerprint density at radius 3 is 2.17 bits per heavy atom. The topological polar surface area (TPSA) is 17.1 Å². The van der Waals surface area contributed by atoms with Gasteiger partial charge in [-0.3, -0.25) is 4.79 Å². The number of carbonyl (C=O) groups excluding carboxylic acids is 1. The molecule has 0 aromatic rings. The lowest BCUT2D eigenvalue weighted by atomic mass is 9.50. The Morgan fingerprint density at radius 1 is 1.33 bits per heavy atom. The Kier molecular flexibility index (Phi) is 1.40.